The Labute approximate surface area is 124 Å². The highest BCUT2D eigenvalue weighted by atomic mass is 35.5. The normalized spacial score (nSPS) is 21.4. The van der Waals surface area contributed by atoms with Gasteiger partial charge < -0.3 is 12.4 Å². The molecule has 1 aliphatic rings. The topological polar surface area (TPSA) is 29.4 Å². The predicted molar refractivity (Wildman–Crippen MR) is 73.5 cm³/mol. The van der Waals surface area contributed by atoms with Crippen molar-refractivity contribution in [2.45, 2.75) is 13.3 Å². The third kappa shape index (κ3) is 3.44. The Morgan fingerprint density at radius 3 is 2.53 bits per heavy atom. The molecular formula is C14H16Cl2N2O. The first-order chi connectivity index (χ1) is 8.55. The highest BCUT2D eigenvalue weighted by molar-refractivity contribution is 6.30. The standard InChI is InChI=1S/C14H16ClN2O.ClH/c1-3-14-16-13(15)10-17(14,2)9-12(18)11-7-5-4-6-8-11;/h4-8,10H,3,9H2,1-2H3;1H/q+1;/p-1. The van der Waals surface area contributed by atoms with Crippen molar-refractivity contribution in [3.63, 3.8) is 0 Å². The molecule has 1 aromatic carbocycles. The zero-order chi connectivity index (χ0) is 13.2. The van der Waals surface area contributed by atoms with Crippen molar-refractivity contribution in [2.24, 2.45) is 4.99 Å². The van der Waals surface area contributed by atoms with E-state index in [1.54, 1.807) is 0 Å². The molecule has 0 radical (unpaired) electrons. The molecule has 1 atom stereocenters. The molecule has 3 nitrogen and oxygen atoms in total. The first-order valence-electron chi connectivity index (χ1n) is 5.95. The molecule has 0 N–H and O–H groups in total. The lowest BCUT2D eigenvalue weighted by Gasteiger charge is -2.26. The second kappa shape index (κ2) is 6.33. The summed E-state index contributed by atoms with van der Waals surface area (Å²) in [6.45, 7) is 2.37. The zero-order valence-corrected chi connectivity index (χ0v) is 12.4. The van der Waals surface area contributed by atoms with E-state index in [1.165, 1.54) is 0 Å². The highest BCUT2D eigenvalue weighted by Gasteiger charge is 2.34. The van der Waals surface area contributed by atoms with E-state index < -0.39 is 0 Å². The summed E-state index contributed by atoms with van der Waals surface area (Å²) >= 11 is 5.95. The number of ketones is 1. The molecule has 5 heteroatoms. The number of Topliss-reactive ketones (excluding diaryl/α,β-unsaturated/α-hetero) is 1. The maximum absolute atomic E-state index is 12.2. The average Bonchev–Trinajstić information content (AvgIpc) is 2.64. The van der Waals surface area contributed by atoms with Crippen molar-refractivity contribution in [3.8, 4) is 0 Å². The summed E-state index contributed by atoms with van der Waals surface area (Å²) < 4.78 is 0.378. The molecule has 0 spiro atoms. The summed E-state index contributed by atoms with van der Waals surface area (Å²) in [4.78, 5) is 16.5. The summed E-state index contributed by atoms with van der Waals surface area (Å²) in [6.07, 6.45) is 2.60. The van der Waals surface area contributed by atoms with E-state index in [4.69, 9.17) is 11.6 Å². The lowest BCUT2D eigenvalue weighted by Crippen LogP contribution is -3.00. The fourth-order valence-corrected chi connectivity index (χ4v) is 2.48. The number of carbonyl (C=O) groups excluding carboxylic acids is 1. The van der Waals surface area contributed by atoms with Crippen LogP contribution in [0.3, 0.4) is 0 Å². The molecule has 0 fully saturated rings. The lowest BCUT2D eigenvalue weighted by atomic mass is 10.1. The number of aliphatic imine (C=N–C) groups is 1. The van der Waals surface area contributed by atoms with Crippen molar-refractivity contribution in [1.29, 1.82) is 0 Å². The minimum absolute atomic E-state index is 0. The van der Waals surface area contributed by atoms with E-state index in [1.807, 2.05) is 50.5 Å². The Morgan fingerprint density at radius 1 is 1.32 bits per heavy atom. The molecule has 102 valence electrons. The Kier molecular flexibility index (Phi) is 5.29. The van der Waals surface area contributed by atoms with Crippen LogP contribution >= 0.6 is 11.6 Å². The number of carbonyl (C=O) groups is 1. The maximum atomic E-state index is 12.2. The van der Waals surface area contributed by atoms with Crippen molar-refractivity contribution < 1.29 is 21.7 Å². The van der Waals surface area contributed by atoms with Crippen molar-refractivity contribution >= 4 is 23.2 Å². The second-order valence-electron chi connectivity index (χ2n) is 4.55. The van der Waals surface area contributed by atoms with Gasteiger partial charge >= 0.3 is 0 Å². The lowest BCUT2D eigenvalue weighted by molar-refractivity contribution is -0.755. The van der Waals surface area contributed by atoms with E-state index in [0.29, 0.717) is 16.2 Å². The van der Waals surface area contributed by atoms with Crippen LogP contribution in [0.5, 0.6) is 0 Å². The van der Waals surface area contributed by atoms with Crippen LogP contribution in [0, 0.1) is 0 Å². The molecule has 0 aliphatic carbocycles. The van der Waals surface area contributed by atoms with Crippen molar-refractivity contribution in [2.75, 3.05) is 13.6 Å². The van der Waals surface area contributed by atoms with Crippen LogP contribution in [0.25, 0.3) is 0 Å². The fraction of sp³-hybridized carbons (Fsp3) is 0.286. The van der Waals surface area contributed by atoms with Gasteiger partial charge in [-0.3, -0.25) is 4.79 Å². The van der Waals surface area contributed by atoms with Gasteiger partial charge in [0, 0.05) is 12.0 Å². The molecule has 0 amide bonds. The number of likely N-dealkylation sites (N-methyl/N-ethyl adjacent to an activating group) is 1. The summed E-state index contributed by atoms with van der Waals surface area (Å²) in [6, 6.07) is 9.31. The van der Waals surface area contributed by atoms with Gasteiger partial charge in [-0.1, -0.05) is 48.9 Å². The fourth-order valence-electron chi connectivity index (χ4n) is 2.17. The molecule has 0 bridgehead atoms. The van der Waals surface area contributed by atoms with Gasteiger partial charge in [0.15, 0.2) is 11.7 Å². The summed E-state index contributed by atoms with van der Waals surface area (Å²) in [5.41, 5.74) is 0.726. The molecule has 2 rings (SSSR count). The number of benzene rings is 1. The monoisotopic (exact) mass is 298 g/mol. The van der Waals surface area contributed by atoms with Crippen LogP contribution in [0.2, 0.25) is 0 Å². The van der Waals surface area contributed by atoms with Gasteiger partial charge in [-0.05, 0) is 0 Å². The van der Waals surface area contributed by atoms with Crippen LogP contribution in [0.4, 0.5) is 0 Å². The number of hydrogen-bond acceptors (Lipinski definition) is 2. The highest BCUT2D eigenvalue weighted by Crippen LogP contribution is 2.24. The Bertz CT molecular complexity index is 526. The van der Waals surface area contributed by atoms with Crippen LogP contribution < -0.4 is 12.4 Å². The second-order valence-corrected chi connectivity index (χ2v) is 4.94. The molecule has 1 aromatic rings. The Balaban J connectivity index is 0.00000180. The van der Waals surface area contributed by atoms with Crippen LogP contribution in [0.1, 0.15) is 23.7 Å². The molecule has 19 heavy (non-hydrogen) atoms. The molecular weight excluding hydrogens is 283 g/mol. The van der Waals surface area contributed by atoms with Gasteiger partial charge in [0.05, 0.1) is 7.05 Å². The Hall–Kier alpha value is -1.16. The van der Waals surface area contributed by atoms with Crippen LogP contribution in [-0.4, -0.2) is 29.7 Å². The van der Waals surface area contributed by atoms with Gasteiger partial charge in [0.2, 0.25) is 11.6 Å². The predicted octanol–water partition coefficient (Wildman–Crippen LogP) is 0.180. The molecule has 1 heterocycles. The molecule has 1 unspecified atom stereocenters. The van der Waals surface area contributed by atoms with E-state index in [2.05, 4.69) is 4.99 Å². The van der Waals surface area contributed by atoms with Gasteiger partial charge in [-0.2, -0.15) is 4.99 Å². The summed E-state index contributed by atoms with van der Waals surface area (Å²) in [5.74, 6) is 1.02. The molecule has 0 aromatic heterocycles. The number of nitrogens with zero attached hydrogens (tertiary/aromatic N) is 2. The number of rotatable bonds is 4. The third-order valence-corrected chi connectivity index (χ3v) is 3.28. The van der Waals surface area contributed by atoms with E-state index in [0.717, 1.165) is 17.8 Å². The number of quaternary nitrogens is 1. The molecule has 1 aliphatic heterocycles. The van der Waals surface area contributed by atoms with E-state index >= 15 is 0 Å². The largest absolute Gasteiger partial charge is 1.00 e. The number of amidine groups is 1. The first kappa shape index (κ1) is 15.9. The molecule has 0 saturated heterocycles. The van der Waals surface area contributed by atoms with Crippen LogP contribution in [-0.2, 0) is 0 Å². The van der Waals surface area contributed by atoms with Gasteiger partial charge in [0.1, 0.15) is 6.20 Å². The van der Waals surface area contributed by atoms with E-state index in [-0.39, 0.29) is 18.2 Å². The van der Waals surface area contributed by atoms with E-state index in [9.17, 15) is 4.79 Å². The van der Waals surface area contributed by atoms with Crippen molar-refractivity contribution in [1.82, 2.24) is 0 Å². The first-order valence-corrected chi connectivity index (χ1v) is 6.33. The van der Waals surface area contributed by atoms with Crippen molar-refractivity contribution in [3.05, 3.63) is 47.3 Å². The van der Waals surface area contributed by atoms with Gasteiger partial charge in [-0.15, -0.1) is 0 Å². The SMILES string of the molecule is CCC1=NC(Cl)=C[N+]1(C)CC(=O)c1ccccc1.[Cl-]. The quantitative estimate of drug-likeness (QED) is 0.443. The van der Waals surface area contributed by atoms with Crippen LogP contribution in [0.15, 0.2) is 46.7 Å². The minimum atomic E-state index is 0. The Morgan fingerprint density at radius 2 is 1.95 bits per heavy atom. The third-order valence-electron chi connectivity index (χ3n) is 3.10. The summed E-state index contributed by atoms with van der Waals surface area (Å²) in [7, 11) is 1.96. The zero-order valence-electron chi connectivity index (χ0n) is 10.9. The molecule has 0 saturated carbocycles. The maximum Gasteiger partial charge on any atom is 0.217 e. The summed E-state index contributed by atoms with van der Waals surface area (Å²) in [5, 5.41) is 0.468. The number of hydrogen-bond donors (Lipinski definition) is 0. The average molecular weight is 299 g/mol. The smallest absolute Gasteiger partial charge is 0.217 e. The van der Waals surface area contributed by atoms with Gasteiger partial charge in [-0.25, -0.2) is 4.48 Å². The number of halogens is 2. The van der Waals surface area contributed by atoms with Gasteiger partial charge in [0.25, 0.3) is 0 Å². The minimum Gasteiger partial charge on any atom is -1.00 e.